The molecule has 156 valence electrons. The zero-order valence-corrected chi connectivity index (χ0v) is 17.2. The Balaban J connectivity index is 1.70. The molecule has 3 nitrogen and oxygen atoms in total. The molecule has 0 aliphatic rings. The van der Waals surface area contributed by atoms with Crippen molar-refractivity contribution in [2.24, 2.45) is 0 Å². The summed E-state index contributed by atoms with van der Waals surface area (Å²) in [4.78, 5) is 10.0. The predicted octanol–water partition coefficient (Wildman–Crippen LogP) is 7.41. The molecule has 7 heteroatoms. The molecule has 0 spiro atoms. The van der Waals surface area contributed by atoms with Gasteiger partial charge in [-0.05, 0) is 37.3 Å². The van der Waals surface area contributed by atoms with Crippen LogP contribution in [0.4, 0.5) is 13.2 Å². The van der Waals surface area contributed by atoms with Crippen molar-refractivity contribution in [3.8, 4) is 23.0 Å². The Kier molecular flexibility index (Phi) is 5.95. The molecule has 1 aromatic heterocycles. The van der Waals surface area contributed by atoms with Gasteiger partial charge in [-0.2, -0.15) is 18.2 Å². The third-order valence-electron chi connectivity index (χ3n) is 4.34. The van der Waals surface area contributed by atoms with E-state index in [2.05, 4.69) is 9.97 Å². The summed E-state index contributed by atoms with van der Waals surface area (Å²) in [6.07, 6.45) is -4.45. The average Bonchev–Trinajstić information content (AvgIpc) is 2.75. The first kappa shape index (κ1) is 20.9. The molecule has 0 radical (unpaired) electrons. The number of rotatable bonds is 5. The van der Waals surface area contributed by atoms with Crippen molar-refractivity contribution < 1.29 is 17.9 Å². The second-order valence-corrected chi connectivity index (χ2v) is 7.87. The summed E-state index contributed by atoms with van der Waals surface area (Å²) < 4.78 is 44.8. The Morgan fingerprint density at radius 3 is 2.26 bits per heavy atom. The van der Waals surface area contributed by atoms with Crippen molar-refractivity contribution in [3.05, 3.63) is 96.1 Å². The van der Waals surface area contributed by atoms with Crippen LogP contribution in [-0.2, 0) is 6.18 Å². The minimum Gasteiger partial charge on any atom is -0.439 e. The molecule has 4 aromatic rings. The van der Waals surface area contributed by atoms with Crippen molar-refractivity contribution in [3.63, 3.8) is 0 Å². The molecule has 4 rings (SSSR count). The highest BCUT2D eigenvalue weighted by atomic mass is 32.2. The van der Waals surface area contributed by atoms with Gasteiger partial charge in [-0.15, -0.1) is 0 Å². The third kappa shape index (κ3) is 5.44. The lowest BCUT2D eigenvalue weighted by Gasteiger charge is -2.11. The molecule has 0 unspecified atom stereocenters. The van der Waals surface area contributed by atoms with Gasteiger partial charge < -0.3 is 4.74 Å². The van der Waals surface area contributed by atoms with E-state index in [1.54, 1.807) is 6.07 Å². The Morgan fingerprint density at radius 1 is 0.806 bits per heavy atom. The molecular weight excluding hydrogens is 421 g/mol. The monoisotopic (exact) mass is 438 g/mol. The maximum absolute atomic E-state index is 13.0. The SMILES string of the molecule is Cc1ccc(Sc2cc(Oc3cccc(C(F)(F)F)c3)nc(-c3ccccc3)n2)cc1. The number of hydrogen-bond donors (Lipinski definition) is 0. The molecule has 0 saturated heterocycles. The largest absolute Gasteiger partial charge is 0.439 e. The van der Waals surface area contributed by atoms with Crippen LogP contribution >= 0.6 is 11.8 Å². The summed E-state index contributed by atoms with van der Waals surface area (Å²) in [5, 5.41) is 0.625. The summed E-state index contributed by atoms with van der Waals surface area (Å²) in [5.74, 6) is 0.654. The highest BCUT2D eigenvalue weighted by Gasteiger charge is 2.30. The summed E-state index contributed by atoms with van der Waals surface area (Å²) in [6, 6.07) is 23.7. The second-order valence-electron chi connectivity index (χ2n) is 6.78. The fraction of sp³-hybridized carbons (Fsp3) is 0.0833. The van der Waals surface area contributed by atoms with Gasteiger partial charge in [0.05, 0.1) is 5.56 Å². The van der Waals surface area contributed by atoms with Gasteiger partial charge in [0, 0.05) is 16.5 Å². The van der Waals surface area contributed by atoms with Crippen LogP contribution in [-0.4, -0.2) is 9.97 Å². The van der Waals surface area contributed by atoms with Crippen LogP contribution in [0.3, 0.4) is 0 Å². The molecule has 31 heavy (non-hydrogen) atoms. The molecule has 0 N–H and O–H groups in total. The molecule has 0 bridgehead atoms. The van der Waals surface area contributed by atoms with Gasteiger partial charge in [0.25, 0.3) is 0 Å². The van der Waals surface area contributed by atoms with Crippen LogP contribution in [0.25, 0.3) is 11.4 Å². The maximum atomic E-state index is 13.0. The Bertz CT molecular complexity index is 1180. The number of ether oxygens (including phenoxy) is 1. The number of halogens is 3. The molecule has 0 amide bonds. The lowest BCUT2D eigenvalue weighted by Crippen LogP contribution is -2.04. The van der Waals surface area contributed by atoms with E-state index >= 15 is 0 Å². The van der Waals surface area contributed by atoms with Gasteiger partial charge >= 0.3 is 6.18 Å². The number of benzene rings is 3. The number of nitrogens with zero attached hydrogens (tertiary/aromatic N) is 2. The van der Waals surface area contributed by atoms with Crippen LogP contribution in [0.15, 0.2) is 94.9 Å². The average molecular weight is 438 g/mol. The second kappa shape index (κ2) is 8.81. The van der Waals surface area contributed by atoms with Crippen LogP contribution in [0.5, 0.6) is 11.6 Å². The van der Waals surface area contributed by atoms with Gasteiger partial charge in [0.2, 0.25) is 5.88 Å². The Hall–Kier alpha value is -3.32. The van der Waals surface area contributed by atoms with Gasteiger partial charge in [-0.25, -0.2) is 4.98 Å². The van der Waals surface area contributed by atoms with Crippen molar-refractivity contribution >= 4 is 11.8 Å². The molecule has 0 fully saturated rings. The van der Waals surface area contributed by atoms with Crippen LogP contribution in [0.1, 0.15) is 11.1 Å². The van der Waals surface area contributed by atoms with Gasteiger partial charge in [-0.3, -0.25) is 0 Å². The minimum absolute atomic E-state index is 0.0545. The van der Waals surface area contributed by atoms with Crippen molar-refractivity contribution in [2.75, 3.05) is 0 Å². The van der Waals surface area contributed by atoms with Crippen molar-refractivity contribution in [1.82, 2.24) is 9.97 Å². The quantitative estimate of drug-likeness (QED) is 0.304. The zero-order valence-electron chi connectivity index (χ0n) is 16.4. The predicted molar refractivity (Wildman–Crippen MR) is 114 cm³/mol. The molecular formula is C24H17F3N2OS. The summed E-state index contributed by atoms with van der Waals surface area (Å²) >= 11 is 1.43. The normalized spacial score (nSPS) is 11.4. The Morgan fingerprint density at radius 2 is 1.55 bits per heavy atom. The van der Waals surface area contributed by atoms with E-state index in [0.717, 1.165) is 28.2 Å². The van der Waals surface area contributed by atoms with E-state index in [0.29, 0.717) is 10.9 Å². The first-order chi connectivity index (χ1) is 14.9. The van der Waals surface area contributed by atoms with E-state index in [-0.39, 0.29) is 11.6 Å². The smallest absolute Gasteiger partial charge is 0.416 e. The minimum atomic E-state index is -4.45. The lowest BCUT2D eigenvalue weighted by molar-refractivity contribution is -0.137. The van der Waals surface area contributed by atoms with Crippen LogP contribution in [0.2, 0.25) is 0 Å². The van der Waals surface area contributed by atoms with Gasteiger partial charge in [0.1, 0.15) is 10.8 Å². The topological polar surface area (TPSA) is 35.0 Å². The molecule has 0 saturated carbocycles. The highest BCUT2D eigenvalue weighted by molar-refractivity contribution is 7.99. The van der Waals surface area contributed by atoms with Crippen LogP contribution in [0, 0.1) is 6.92 Å². The maximum Gasteiger partial charge on any atom is 0.416 e. The van der Waals surface area contributed by atoms with Gasteiger partial charge in [-0.1, -0.05) is 65.9 Å². The number of aryl methyl sites for hydroxylation is 1. The molecule has 1 heterocycles. The number of aromatic nitrogens is 2. The van der Waals surface area contributed by atoms with E-state index in [1.165, 1.54) is 23.9 Å². The lowest BCUT2D eigenvalue weighted by atomic mass is 10.2. The summed E-state index contributed by atoms with van der Waals surface area (Å²) in [6.45, 7) is 2.01. The molecule has 0 aliphatic carbocycles. The van der Waals surface area contributed by atoms with Crippen molar-refractivity contribution in [2.45, 2.75) is 23.0 Å². The standard InChI is InChI=1S/C24H17F3N2OS/c1-16-10-12-20(13-11-16)31-22-15-21(28-23(29-22)17-6-3-2-4-7-17)30-19-9-5-8-18(14-19)24(25,26)27/h2-15H,1H3. The third-order valence-corrected chi connectivity index (χ3v) is 5.26. The molecule has 0 atom stereocenters. The highest BCUT2D eigenvalue weighted by Crippen LogP contribution is 2.34. The fourth-order valence-electron chi connectivity index (χ4n) is 2.81. The van der Waals surface area contributed by atoms with Crippen LogP contribution < -0.4 is 4.74 Å². The first-order valence-corrected chi connectivity index (χ1v) is 10.2. The first-order valence-electron chi connectivity index (χ1n) is 9.41. The van der Waals surface area contributed by atoms with E-state index in [1.807, 2.05) is 61.5 Å². The van der Waals surface area contributed by atoms with Crippen molar-refractivity contribution in [1.29, 1.82) is 0 Å². The van der Waals surface area contributed by atoms with E-state index in [9.17, 15) is 13.2 Å². The van der Waals surface area contributed by atoms with E-state index in [4.69, 9.17) is 4.74 Å². The number of alkyl halides is 3. The molecule has 3 aromatic carbocycles. The molecule has 0 aliphatic heterocycles. The fourth-order valence-corrected chi connectivity index (χ4v) is 3.61. The summed E-state index contributed by atoms with van der Waals surface area (Å²) in [7, 11) is 0. The number of hydrogen-bond acceptors (Lipinski definition) is 4. The van der Waals surface area contributed by atoms with Gasteiger partial charge in [0.15, 0.2) is 5.82 Å². The summed E-state index contributed by atoms with van der Waals surface area (Å²) in [5.41, 5.74) is 1.14. The zero-order chi connectivity index (χ0) is 21.8. The Labute approximate surface area is 182 Å². The van der Waals surface area contributed by atoms with E-state index < -0.39 is 11.7 Å².